The van der Waals surface area contributed by atoms with E-state index in [4.69, 9.17) is 0 Å². The van der Waals surface area contributed by atoms with Gasteiger partial charge in [0.15, 0.2) is 0 Å². The van der Waals surface area contributed by atoms with E-state index in [0.29, 0.717) is 5.04 Å². The fourth-order valence-electron chi connectivity index (χ4n) is 2.50. The van der Waals surface area contributed by atoms with Gasteiger partial charge in [-0.05, 0) is 36.6 Å². The van der Waals surface area contributed by atoms with E-state index >= 15 is 0 Å². The highest BCUT2D eigenvalue weighted by Crippen LogP contribution is 2.69. The van der Waals surface area contributed by atoms with Crippen LogP contribution in [0.15, 0.2) is 12.2 Å². The van der Waals surface area contributed by atoms with Crippen LogP contribution in [0, 0.1) is 5.92 Å². The van der Waals surface area contributed by atoms with E-state index in [9.17, 15) is 0 Å². The summed E-state index contributed by atoms with van der Waals surface area (Å²) in [5.74, 6) is 0.930. The van der Waals surface area contributed by atoms with Gasteiger partial charge in [-0.3, -0.25) is 0 Å². The topological polar surface area (TPSA) is 0 Å². The van der Waals surface area contributed by atoms with E-state index in [2.05, 4.69) is 26.2 Å². The van der Waals surface area contributed by atoms with E-state index in [0.717, 1.165) is 5.92 Å². The van der Waals surface area contributed by atoms with Gasteiger partial charge >= 0.3 is 0 Å². The van der Waals surface area contributed by atoms with Crippen LogP contribution in [0.4, 0.5) is 0 Å². The molecule has 2 aliphatic carbocycles. The van der Waals surface area contributed by atoms with Crippen LogP contribution in [0.5, 0.6) is 0 Å². The Morgan fingerprint density at radius 2 is 1.75 bits per heavy atom. The largest absolute Gasteiger partial charge is 0.0993 e. The second kappa shape index (κ2) is 2.25. The Balaban J connectivity index is 2.15. The normalized spacial score (nSPS) is 26.9. The van der Waals surface area contributed by atoms with Crippen molar-refractivity contribution in [1.29, 1.82) is 0 Å². The van der Waals surface area contributed by atoms with Crippen LogP contribution in [-0.4, -0.2) is 8.07 Å². The van der Waals surface area contributed by atoms with Gasteiger partial charge in [0, 0.05) is 0 Å². The third kappa shape index (κ3) is 1.10. The lowest BCUT2D eigenvalue weighted by atomic mass is 10.1. The monoisotopic (exact) mass is 180 g/mol. The third-order valence-corrected chi connectivity index (χ3v) is 7.56. The van der Waals surface area contributed by atoms with E-state index in [1.807, 2.05) is 0 Å². The van der Waals surface area contributed by atoms with Crippen LogP contribution in [0.3, 0.4) is 0 Å². The molecule has 0 nitrogen and oxygen atoms in total. The lowest BCUT2D eigenvalue weighted by Crippen LogP contribution is -2.31. The third-order valence-electron chi connectivity index (χ3n) is 3.87. The van der Waals surface area contributed by atoms with Gasteiger partial charge in [-0.25, -0.2) is 0 Å². The molecule has 2 fully saturated rings. The minimum atomic E-state index is -0.959. The molecule has 0 amide bonds. The molecule has 0 aromatic rings. The Morgan fingerprint density at radius 1 is 1.25 bits per heavy atom. The molecule has 68 valence electrons. The molecule has 0 spiro atoms. The molecular formula is C11H20Si. The summed E-state index contributed by atoms with van der Waals surface area (Å²) in [6.45, 7) is 11.9. The maximum atomic E-state index is 4.35. The Morgan fingerprint density at radius 3 is 2.00 bits per heavy atom. The number of rotatable bonds is 3. The lowest BCUT2D eigenvalue weighted by molar-refractivity contribution is 0.850. The Kier molecular flexibility index (Phi) is 1.61. The van der Waals surface area contributed by atoms with Gasteiger partial charge in [-0.15, -0.1) is 0 Å². The van der Waals surface area contributed by atoms with Crippen molar-refractivity contribution in [3.05, 3.63) is 12.2 Å². The number of hydrogen-bond acceptors (Lipinski definition) is 0. The maximum Gasteiger partial charge on any atom is 0.0552 e. The predicted molar refractivity (Wildman–Crippen MR) is 57.1 cm³/mol. The van der Waals surface area contributed by atoms with Gasteiger partial charge in [0.1, 0.15) is 0 Å². The smallest absolute Gasteiger partial charge is 0.0552 e. The number of allylic oxidation sites excluding steroid dienone is 1. The van der Waals surface area contributed by atoms with Crippen LogP contribution in [0.25, 0.3) is 0 Å². The summed E-state index contributed by atoms with van der Waals surface area (Å²) in [5.41, 5.74) is 1.64. The molecule has 0 aliphatic heterocycles. The first kappa shape index (κ1) is 8.55. The van der Waals surface area contributed by atoms with Gasteiger partial charge in [0.2, 0.25) is 0 Å². The zero-order valence-electron chi connectivity index (χ0n) is 8.61. The SMILES string of the molecule is C=C(C1CC1)C1([Si](C)(C)C)CC1. The molecule has 2 saturated carbocycles. The van der Waals surface area contributed by atoms with Crippen LogP contribution in [0.2, 0.25) is 24.7 Å². The molecular weight excluding hydrogens is 160 g/mol. The van der Waals surface area contributed by atoms with Crippen LogP contribution in [-0.2, 0) is 0 Å². The van der Waals surface area contributed by atoms with Crippen molar-refractivity contribution in [1.82, 2.24) is 0 Å². The van der Waals surface area contributed by atoms with Gasteiger partial charge < -0.3 is 0 Å². The molecule has 0 aromatic carbocycles. The first-order valence-electron chi connectivity index (χ1n) is 5.17. The zero-order chi connectivity index (χ0) is 8.98. The lowest BCUT2D eigenvalue weighted by Gasteiger charge is -2.31. The van der Waals surface area contributed by atoms with Crippen molar-refractivity contribution in [2.45, 2.75) is 50.4 Å². The summed E-state index contributed by atoms with van der Waals surface area (Å²) in [5, 5.41) is 0.675. The fourth-order valence-corrected chi connectivity index (χ4v) is 5.29. The first-order chi connectivity index (χ1) is 5.47. The minimum Gasteiger partial charge on any atom is -0.0993 e. The standard InChI is InChI=1S/C11H20Si/c1-9(10-5-6-10)11(7-8-11)12(2,3)4/h10H,1,5-8H2,2-4H3. The second-order valence-corrected chi connectivity index (χ2v) is 11.1. The first-order valence-corrected chi connectivity index (χ1v) is 8.67. The van der Waals surface area contributed by atoms with Crippen molar-refractivity contribution in [2.24, 2.45) is 5.92 Å². The highest BCUT2D eigenvalue weighted by Gasteiger charge is 2.56. The summed E-state index contributed by atoms with van der Waals surface area (Å²) < 4.78 is 0. The van der Waals surface area contributed by atoms with Crippen molar-refractivity contribution in [3.63, 3.8) is 0 Å². The summed E-state index contributed by atoms with van der Waals surface area (Å²) in [6, 6.07) is 0. The molecule has 0 saturated heterocycles. The highest BCUT2D eigenvalue weighted by atomic mass is 28.3. The van der Waals surface area contributed by atoms with Crippen LogP contribution >= 0.6 is 0 Å². The summed E-state index contributed by atoms with van der Waals surface area (Å²) in [7, 11) is -0.959. The Bertz CT molecular complexity index is 214. The zero-order valence-corrected chi connectivity index (χ0v) is 9.61. The minimum absolute atomic E-state index is 0.675. The summed E-state index contributed by atoms with van der Waals surface area (Å²) >= 11 is 0. The van der Waals surface area contributed by atoms with Gasteiger partial charge in [-0.1, -0.05) is 31.8 Å². The van der Waals surface area contributed by atoms with Gasteiger partial charge in [0.25, 0.3) is 0 Å². The molecule has 0 atom stereocenters. The Labute approximate surface area is 77.1 Å². The maximum absolute atomic E-state index is 4.35. The molecule has 2 aliphatic rings. The predicted octanol–water partition coefficient (Wildman–Crippen LogP) is 3.83. The molecule has 0 bridgehead atoms. The fraction of sp³-hybridized carbons (Fsp3) is 0.818. The molecule has 2 rings (SSSR count). The van der Waals surface area contributed by atoms with Gasteiger partial charge in [-0.2, -0.15) is 0 Å². The highest BCUT2D eigenvalue weighted by molar-refractivity contribution is 6.80. The van der Waals surface area contributed by atoms with Crippen molar-refractivity contribution in [3.8, 4) is 0 Å². The molecule has 0 N–H and O–H groups in total. The van der Waals surface area contributed by atoms with Gasteiger partial charge in [0.05, 0.1) is 8.07 Å². The Hall–Kier alpha value is -0.0431. The van der Waals surface area contributed by atoms with E-state index < -0.39 is 8.07 Å². The average molecular weight is 180 g/mol. The van der Waals surface area contributed by atoms with Crippen molar-refractivity contribution < 1.29 is 0 Å². The quantitative estimate of drug-likeness (QED) is 0.457. The average Bonchev–Trinajstić information content (AvgIpc) is 2.82. The molecule has 12 heavy (non-hydrogen) atoms. The summed E-state index contributed by atoms with van der Waals surface area (Å²) in [4.78, 5) is 0. The molecule has 0 unspecified atom stereocenters. The van der Waals surface area contributed by atoms with Crippen LogP contribution < -0.4 is 0 Å². The molecule has 0 heterocycles. The van der Waals surface area contributed by atoms with Crippen molar-refractivity contribution >= 4 is 8.07 Å². The summed E-state index contributed by atoms with van der Waals surface area (Å²) in [6.07, 6.45) is 5.78. The molecule has 0 radical (unpaired) electrons. The van der Waals surface area contributed by atoms with E-state index in [1.54, 1.807) is 5.57 Å². The van der Waals surface area contributed by atoms with Crippen molar-refractivity contribution in [2.75, 3.05) is 0 Å². The van der Waals surface area contributed by atoms with Crippen LogP contribution in [0.1, 0.15) is 25.7 Å². The molecule has 0 aromatic heterocycles. The van der Waals surface area contributed by atoms with E-state index in [-0.39, 0.29) is 0 Å². The number of hydrogen-bond donors (Lipinski definition) is 0. The second-order valence-electron chi connectivity index (χ2n) is 5.63. The molecule has 1 heteroatoms. The van der Waals surface area contributed by atoms with E-state index in [1.165, 1.54) is 25.7 Å².